The average molecular weight is 286 g/mol. The van der Waals surface area contributed by atoms with Crippen molar-refractivity contribution in [3.8, 4) is 0 Å². The standard InChI is InChI=1S/C12H16ClN3OS/c1-9-2-3-10(8-11(9)13)14-12(18)15-16-4-6-17-7-5-16/h2-3,8H,4-7H2,1H3,(H2,14,15,18). The summed E-state index contributed by atoms with van der Waals surface area (Å²) in [4.78, 5) is 0. The minimum absolute atomic E-state index is 0.566. The van der Waals surface area contributed by atoms with Gasteiger partial charge in [-0.05, 0) is 36.8 Å². The lowest BCUT2D eigenvalue weighted by atomic mass is 10.2. The third-order valence-corrected chi connectivity index (χ3v) is 3.30. The number of morpholine rings is 1. The molecule has 1 aromatic carbocycles. The molecule has 0 spiro atoms. The first kappa shape index (κ1) is 13.5. The van der Waals surface area contributed by atoms with E-state index in [1.807, 2.05) is 30.1 Å². The number of hydrazine groups is 1. The van der Waals surface area contributed by atoms with Crippen molar-refractivity contribution in [1.82, 2.24) is 10.4 Å². The Labute approximate surface area is 117 Å². The summed E-state index contributed by atoms with van der Waals surface area (Å²) in [6.07, 6.45) is 0. The van der Waals surface area contributed by atoms with Crippen LogP contribution in [0.5, 0.6) is 0 Å². The van der Waals surface area contributed by atoms with Crippen molar-refractivity contribution < 1.29 is 4.74 Å². The van der Waals surface area contributed by atoms with Gasteiger partial charge in [0, 0.05) is 23.8 Å². The van der Waals surface area contributed by atoms with Gasteiger partial charge in [0.1, 0.15) is 0 Å². The van der Waals surface area contributed by atoms with Crippen LogP contribution in [0.2, 0.25) is 5.02 Å². The highest BCUT2D eigenvalue weighted by Crippen LogP contribution is 2.19. The molecule has 1 aromatic rings. The summed E-state index contributed by atoms with van der Waals surface area (Å²) in [5.74, 6) is 0. The fourth-order valence-corrected chi connectivity index (χ4v) is 2.08. The Morgan fingerprint density at radius 1 is 1.39 bits per heavy atom. The lowest BCUT2D eigenvalue weighted by Gasteiger charge is -2.28. The van der Waals surface area contributed by atoms with E-state index < -0.39 is 0 Å². The van der Waals surface area contributed by atoms with Crippen LogP contribution in [-0.4, -0.2) is 36.4 Å². The molecule has 0 aliphatic carbocycles. The molecule has 0 aromatic heterocycles. The third kappa shape index (κ3) is 3.81. The molecule has 0 atom stereocenters. The van der Waals surface area contributed by atoms with Crippen LogP contribution in [0.1, 0.15) is 5.56 Å². The number of nitrogens with zero attached hydrogens (tertiary/aromatic N) is 1. The predicted octanol–water partition coefficient (Wildman–Crippen LogP) is 2.18. The monoisotopic (exact) mass is 285 g/mol. The number of anilines is 1. The van der Waals surface area contributed by atoms with Crippen LogP contribution in [0.15, 0.2) is 18.2 Å². The normalized spacial score (nSPS) is 16.3. The van der Waals surface area contributed by atoms with Crippen molar-refractivity contribution in [1.29, 1.82) is 0 Å². The summed E-state index contributed by atoms with van der Waals surface area (Å²) in [6.45, 7) is 5.08. The molecule has 4 nitrogen and oxygen atoms in total. The molecule has 1 heterocycles. The SMILES string of the molecule is Cc1ccc(NC(=S)NN2CCOCC2)cc1Cl. The van der Waals surface area contributed by atoms with Gasteiger partial charge in [-0.1, -0.05) is 17.7 Å². The first-order valence-corrected chi connectivity index (χ1v) is 6.60. The van der Waals surface area contributed by atoms with E-state index in [0.717, 1.165) is 42.6 Å². The van der Waals surface area contributed by atoms with Crippen LogP contribution in [0.25, 0.3) is 0 Å². The maximum absolute atomic E-state index is 6.06. The highest BCUT2D eigenvalue weighted by Gasteiger charge is 2.11. The van der Waals surface area contributed by atoms with Crippen LogP contribution in [0.3, 0.4) is 0 Å². The Balaban J connectivity index is 1.88. The number of hydrogen-bond acceptors (Lipinski definition) is 3. The molecular formula is C12H16ClN3OS. The van der Waals surface area contributed by atoms with Gasteiger partial charge in [0.2, 0.25) is 0 Å². The van der Waals surface area contributed by atoms with E-state index in [0.29, 0.717) is 5.11 Å². The molecule has 0 radical (unpaired) electrons. The molecule has 1 aliphatic heterocycles. The number of aryl methyl sites for hydroxylation is 1. The lowest BCUT2D eigenvalue weighted by molar-refractivity contribution is 0.0252. The first-order chi connectivity index (χ1) is 8.65. The summed E-state index contributed by atoms with van der Waals surface area (Å²) in [5, 5.41) is 6.44. The van der Waals surface area contributed by atoms with Crippen LogP contribution in [0, 0.1) is 6.92 Å². The number of hydrogen-bond donors (Lipinski definition) is 2. The molecule has 2 rings (SSSR count). The highest BCUT2D eigenvalue weighted by atomic mass is 35.5. The number of rotatable bonds is 2. The molecule has 0 unspecified atom stereocenters. The van der Waals surface area contributed by atoms with Gasteiger partial charge in [-0.3, -0.25) is 5.43 Å². The van der Waals surface area contributed by atoms with Crippen molar-refractivity contribution in [2.75, 3.05) is 31.6 Å². The van der Waals surface area contributed by atoms with E-state index in [1.54, 1.807) is 0 Å². The van der Waals surface area contributed by atoms with Crippen LogP contribution in [-0.2, 0) is 4.74 Å². The number of thiocarbonyl (C=S) groups is 1. The number of ether oxygens (including phenoxy) is 1. The van der Waals surface area contributed by atoms with Crippen molar-refractivity contribution in [2.45, 2.75) is 6.92 Å². The predicted molar refractivity (Wildman–Crippen MR) is 77.9 cm³/mol. The molecule has 2 N–H and O–H groups in total. The second kappa shape index (κ2) is 6.33. The quantitative estimate of drug-likeness (QED) is 0.815. The van der Waals surface area contributed by atoms with Crippen LogP contribution < -0.4 is 10.7 Å². The Kier molecular flexibility index (Phi) is 4.77. The largest absolute Gasteiger partial charge is 0.379 e. The first-order valence-electron chi connectivity index (χ1n) is 5.81. The molecule has 1 fully saturated rings. The zero-order chi connectivity index (χ0) is 13.0. The number of halogens is 1. The van der Waals surface area contributed by atoms with E-state index in [-0.39, 0.29) is 0 Å². The second-order valence-electron chi connectivity index (χ2n) is 4.13. The number of benzene rings is 1. The molecular weight excluding hydrogens is 270 g/mol. The van der Waals surface area contributed by atoms with Crippen molar-refractivity contribution in [3.05, 3.63) is 28.8 Å². The zero-order valence-corrected chi connectivity index (χ0v) is 11.8. The summed E-state index contributed by atoms with van der Waals surface area (Å²) in [6, 6.07) is 5.78. The van der Waals surface area contributed by atoms with Crippen molar-refractivity contribution in [2.24, 2.45) is 0 Å². The van der Waals surface area contributed by atoms with Crippen LogP contribution in [0.4, 0.5) is 5.69 Å². The Morgan fingerprint density at radius 2 is 2.11 bits per heavy atom. The molecule has 1 aliphatic rings. The lowest BCUT2D eigenvalue weighted by Crippen LogP contribution is -2.49. The second-order valence-corrected chi connectivity index (χ2v) is 4.94. The minimum atomic E-state index is 0.566. The molecule has 0 saturated carbocycles. The highest BCUT2D eigenvalue weighted by molar-refractivity contribution is 7.80. The summed E-state index contributed by atoms with van der Waals surface area (Å²) >= 11 is 11.3. The fraction of sp³-hybridized carbons (Fsp3) is 0.417. The van der Waals surface area contributed by atoms with Crippen molar-refractivity contribution >= 4 is 34.6 Å². The van der Waals surface area contributed by atoms with Gasteiger partial charge in [0.05, 0.1) is 13.2 Å². The molecule has 0 amide bonds. The van der Waals surface area contributed by atoms with Gasteiger partial charge < -0.3 is 10.1 Å². The van der Waals surface area contributed by atoms with Gasteiger partial charge in [-0.25, -0.2) is 5.01 Å². The van der Waals surface area contributed by atoms with E-state index in [2.05, 4.69) is 10.7 Å². The maximum Gasteiger partial charge on any atom is 0.185 e. The Bertz CT molecular complexity index is 435. The summed E-state index contributed by atoms with van der Waals surface area (Å²) in [7, 11) is 0. The zero-order valence-electron chi connectivity index (χ0n) is 10.2. The average Bonchev–Trinajstić information content (AvgIpc) is 2.35. The van der Waals surface area contributed by atoms with E-state index in [9.17, 15) is 0 Å². The van der Waals surface area contributed by atoms with Gasteiger partial charge in [-0.2, -0.15) is 0 Å². The van der Waals surface area contributed by atoms with Crippen molar-refractivity contribution in [3.63, 3.8) is 0 Å². The number of nitrogens with one attached hydrogen (secondary N) is 2. The maximum atomic E-state index is 6.06. The fourth-order valence-electron chi connectivity index (χ4n) is 1.65. The summed E-state index contributed by atoms with van der Waals surface area (Å²) in [5.41, 5.74) is 5.07. The topological polar surface area (TPSA) is 36.5 Å². The molecule has 0 bridgehead atoms. The molecule has 98 valence electrons. The smallest absolute Gasteiger partial charge is 0.185 e. The van der Waals surface area contributed by atoms with Gasteiger partial charge in [0.15, 0.2) is 5.11 Å². The van der Waals surface area contributed by atoms with E-state index >= 15 is 0 Å². The van der Waals surface area contributed by atoms with Gasteiger partial charge >= 0.3 is 0 Å². The van der Waals surface area contributed by atoms with E-state index in [1.165, 1.54) is 0 Å². The Morgan fingerprint density at radius 3 is 2.78 bits per heavy atom. The third-order valence-electron chi connectivity index (χ3n) is 2.70. The van der Waals surface area contributed by atoms with Crippen LogP contribution >= 0.6 is 23.8 Å². The minimum Gasteiger partial charge on any atom is -0.379 e. The van der Waals surface area contributed by atoms with E-state index in [4.69, 9.17) is 28.6 Å². The Hall–Kier alpha value is -0.880. The van der Waals surface area contributed by atoms with Gasteiger partial charge in [0.25, 0.3) is 0 Å². The summed E-state index contributed by atoms with van der Waals surface area (Å²) < 4.78 is 5.27. The molecule has 18 heavy (non-hydrogen) atoms. The molecule has 1 saturated heterocycles. The van der Waals surface area contributed by atoms with Gasteiger partial charge in [-0.15, -0.1) is 0 Å². The molecule has 6 heteroatoms.